The zero-order valence-electron chi connectivity index (χ0n) is 10.2. The van der Waals surface area contributed by atoms with Crippen molar-refractivity contribution in [1.82, 2.24) is 14.9 Å². The lowest BCUT2D eigenvalue weighted by atomic mass is 10.2. The summed E-state index contributed by atoms with van der Waals surface area (Å²) in [5.74, 6) is -0.300. The molecule has 1 saturated heterocycles. The van der Waals surface area contributed by atoms with Crippen LogP contribution in [0.2, 0.25) is 0 Å². The molecule has 0 radical (unpaired) electrons. The van der Waals surface area contributed by atoms with Crippen molar-refractivity contribution in [1.29, 1.82) is 0 Å². The van der Waals surface area contributed by atoms with Crippen molar-refractivity contribution in [2.45, 2.75) is 10.3 Å². The normalized spacial score (nSPS) is 21.3. The van der Waals surface area contributed by atoms with E-state index in [0.29, 0.717) is 13.1 Å². The summed E-state index contributed by atoms with van der Waals surface area (Å²) < 4.78 is 27.3. The third-order valence-corrected chi connectivity index (χ3v) is 6.85. The number of thiophene rings is 1. The number of carbonyl (C=O) groups is 1. The Morgan fingerprint density at radius 2 is 2.32 bits per heavy atom. The molecule has 1 unspecified atom stereocenters. The third-order valence-electron chi connectivity index (χ3n) is 2.85. The molecule has 0 spiro atoms. The summed E-state index contributed by atoms with van der Waals surface area (Å²) in [5.41, 5.74) is 0. The second kappa shape index (κ2) is 5.88. The predicted octanol–water partition coefficient (Wildman–Crippen LogP) is 0.219. The number of nitrogens with zero attached hydrogens (tertiary/aromatic N) is 1. The van der Waals surface area contributed by atoms with E-state index in [9.17, 15) is 13.2 Å². The fraction of sp³-hybridized carbons (Fsp3) is 0.500. The smallest absolute Gasteiger partial charge is 0.253 e. The predicted molar refractivity (Wildman–Crippen MR) is 76.6 cm³/mol. The van der Waals surface area contributed by atoms with Crippen molar-refractivity contribution in [2.75, 3.05) is 26.7 Å². The average molecular weight is 368 g/mol. The van der Waals surface area contributed by atoms with Crippen molar-refractivity contribution in [3.8, 4) is 0 Å². The summed E-state index contributed by atoms with van der Waals surface area (Å²) in [6, 6.07) is 2.53. The van der Waals surface area contributed by atoms with Crippen LogP contribution in [0.15, 0.2) is 20.1 Å². The minimum Gasteiger partial charge on any atom is -0.358 e. The summed E-state index contributed by atoms with van der Waals surface area (Å²) in [6.07, 6.45) is 0. The van der Waals surface area contributed by atoms with Gasteiger partial charge in [-0.2, -0.15) is 4.31 Å². The van der Waals surface area contributed by atoms with E-state index in [0.717, 1.165) is 15.1 Å². The number of piperazine rings is 1. The van der Waals surface area contributed by atoms with E-state index in [1.165, 1.54) is 11.4 Å². The summed E-state index contributed by atoms with van der Waals surface area (Å²) in [7, 11) is -2.12. The lowest BCUT2D eigenvalue weighted by Crippen LogP contribution is -2.58. The van der Waals surface area contributed by atoms with Gasteiger partial charge in [0.25, 0.3) is 10.0 Å². The number of likely N-dealkylation sites (N-methyl/N-ethyl adjacent to an activating group) is 1. The van der Waals surface area contributed by atoms with Gasteiger partial charge in [-0.05, 0) is 28.1 Å². The van der Waals surface area contributed by atoms with E-state index < -0.39 is 16.1 Å². The molecular formula is C10H14BrN3O3S2. The number of hydrogen-bond donors (Lipinski definition) is 2. The van der Waals surface area contributed by atoms with Gasteiger partial charge in [-0.1, -0.05) is 0 Å². The molecule has 6 nitrogen and oxygen atoms in total. The quantitative estimate of drug-likeness (QED) is 0.800. The van der Waals surface area contributed by atoms with E-state index >= 15 is 0 Å². The maximum Gasteiger partial charge on any atom is 0.253 e. The zero-order chi connectivity index (χ0) is 14.0. The first kappa shape index (κ1) is 14.9. The molecule has 2 rings (SSSR count). The monoisotopic (exact) mass is 367 g/mol. The standard InChI is InChI=1S/C10H14BrN3O3S2/c1-12-10(15)7-6-13-4-5-14(7)19(16,17)9-3-2-8(11)18-9/h2-3,7,13H,4-6H2,1H3,(H,12,15). The number of amides is 1. The van der Waals surface area contributed by atoms with Crippen molar-refractivity contribution >= 4 is 43.2 Å². The third kappa shape index (κ3) is 3.00. The molecule has 1 aromatic rings. The van der Waals surface area contributed by atoms with E-state index in [-0.39, 0.29) is 16.7 Å². The zero-order valence-corrected chi connectivity index (χ0v) is 13.4. The van der Waals surface area contributed by atoms with E-state index in [1.807, 2.05) is 0 Å². The van der Waals surface area contributed by atoms with Gasteiger partial charge in [-0.3, -0.25) is 4.79 Å². The fourth-order valence-corrected chi connectivity index (χ4v) is 5.64. The number of nitrogens with one attached hydrogen (secondary N) is 2. The first-order valence-electron chi connectivity index (χ1n) is 5.66. The maximum atomic E-state index is 12.5. The van der Waals surface area contributed by atoms with Gasteiger partial charge >= 0.3 is 0 Å². The van der Waals surface area contributed by atoms with Crippen LogP contribution >= 0.6 is 27.3 Å². The number of carbonyl (C=O) groups excluding carboxylic acids is 1. The van der Waals surface area contributed by atoms with Crippen LogP contribution in [0.3, 0.4) is 0 Å². The summed E-state index contributed by atoms with van der Waals surface area (Å²) in [5, 5.41) is 5.54. The molecule has 1 aliphatic rings. The van der Waals surface area contributed by atoms with Crippen molar-refractivity contribution in [3.05, 3.63) is 15.9 Å². The number of halogens is 1. The number of hydrogen-bond acceptors (Lipinski definition) is 5. The van der Waals surface area contributed by atoms with Gasteiger partial charge in [-0.25, -0.2) is 8.42 Å². The van der Waals surface area contributed by atoms with Crippen LogP contribution in [-0.4, -0.2) is 51.4 Å². The van der Waals surface area contributed by atoms with Crippen LogP contribution in [0.25, 0.3) is 0 Å². The highest BCUT2D eigenvalue weighted by atomic mass is 79.9. The molecule has 9 heteroatoms. The lowest BCUT2D eigenvalue weighted by molar-refractivity contribution is -0.124. The first-order valence-corrected chi connectivity index (χ1v) is 8.71. The van der Waals surface area contributed by atoms with Crippen LogP contribution in [0, 0.1) is 0 Å². The van der Waals surface area contributed by atoms with Crippen molar-refractivity contribution in [2.24, 2.45) is 0 Å². The Hall–Kier alpha value is -0.480. The number of sulfonamides is 1. The van der Waals surface area contributed by atoms with Crippen molar-refractivity contribution in [3.63, 3.8) is 0 Å². The van der Waals surface area contributed by atoms with E-state index in [4.69, 9.17) is 0 Å². The fourth-order valence-electron chi connectivity index (χ4n) is 1.92. The van der Waals surface area contributed by atoms with E-state index in [1.54, 1.807) is 12.1 Å². The molecule has 0 aromatic carbocycles. The largest absolute Gasteiger partial charge is 0.358 e. The van der Waals surface area contributed by atoms with Crippen LogP contribution in [0.5, 0.6) is 0 Å². The Kier molecular flexibility index (Phi) is 4.62. The highest BCUT2D eigenvalue weighted by molar-refractivity contribution is 9.11. The van der Waals surface area contributed by atoms with Gasteiger partial charge in [0.1, 0.15) is 10.3 Å². The molecule has 1 aromatic heterocycles. The van der Waals surface area contributed by atoms with E-state index in [2.05, 4.69) is 26.6 Å². The van der Waals surface area contributed by atoms with Gasteiger partial charge in [0.05, 0.1) is 3.79 Å². The average Bonchev–Trinajstić information content (AvgIpc) is 2.85. The molecule has 2 heterocycles. The SMILES string of the molecule is CNC(=O)C1CNCCN1S(=O)(=O)c1ccc(Br)s1. The summed E-state index contributed by atoms with van der Waals surface area (Å²) >= 11 is 4.39. The maximum absolute atomic E-state index is 12.5. The molecular weight excluding hydrogens is 354 g/mol. The molecule has 1 atom stereocenters. The topological polar surface area (TPSA) is 78.5 Å². The molecule has 0 saturated carbocycles. The highest BCUT2D eigenvalue weighted by Gasteiger charge is 2.37. The molecule has 0 aliphatic carbocycles. The minimum atomic E-state index is -3.62. The Labute approximate surface area is 124 Å². The van der Waals surface area contributed by atoms with Gasteiger partial charge in [0.15, 0.2) is 0 Å². The molecule has 19 heavy (non-hydrogen) atoms. The summed E-state index contributed by atoms with van der Waals surface area (Å²) in [6.45, 7) is 1.15. The van der Waals surface area contributed by atoms with Crippen LogP contribution in [0.4, 0.5) is 0 Å². The van der Waals surface area contributed by atoms with Crippen LogP contribution < -0.4 is 10.6 Å². The lowest BCUT2D eigenvalue weighted by Gasteiger charge is -2.33. The molecule has 0 bridgehead atoms. The molecule has 2 N–H and O–H groups in total. The molecule has 1 amide bonds. The first-order chi connectivity index (χ1) is 8.96. The minimum absolute atomic E-state index is 0.246. The molecule has 1 aliphatic heterocycles. The Morgan fingerprint density at radius 1 is 1.58 bits per heavy atom. The van der Waals surface area contributed by atoms with Gasteiger partial charge in [0.2, 0.25) is 5.91 Å². The second-order valence-electron chi connectivity index (χ2n) is 4.01. The van der Waals surface area contributed by atoms with Crippen LogP contribution in [-0.2, 0) is 14.8 Å². The van der Waals surface area contributed by atoms with Gasteiger partial charge in [0, 0.05) is 26.7 Å². The molecule has 106 valence electrons. The summed E-state index contributed by atoms with van der Waals surface area (Å²) in [4.78, 5) is 11.8. The van der Waals surface area contributed by atoms with Gasteiger partial charge in [-0.15, -0.1) is 11.3 Å². The Bertz CT molecular complexity index is 572. The second-order valence-corrected chi connectivity index (χ2v) is 8.59. The Morgan fingerprint density at radius 3 is 2.89 bits per heavy atom. The van der Waals surface area contributed by atoms with Gasteiger partial charge < -0.3 is 10.6 Å². The Balaban J connectivity index is 2.34. The number of rotatable bonds is 3. The van der Waals surface area contributed by atoms with Crippen molar-refractivity contribution < 1.29 is 13.2 Å². The van der Waals surface area contributed by atoms with Crippen LogP contribution in [0.1, 0.15) is 0 Å². The molecule has 1 fully saturated rings. The highest BCUT2D eigenvalue weighted by Crippen LogP contribution is 2.29.